The van der Waals surface area contributed by atoms with Gasteiger partial charge in [0.05, 0.1) is 25.2 Å². The summed E-state index contributed by atoms with van der Waals surface area (Å²) < 4.78 is 5.54. The highest BCUT2D eigenvalue weighted by molar-refractivity contribution is 6.31. The smallest absolute Gasteiger partial charge is 0.253 e. The number of halogens is 1. The van der Waals surface area contributed by atoms with Crippen LogP contribution in [0.3, 0.4) is 0 Å². The molecule has 2 aliphatic rings. The van der Waals surface area contributed by atoms with E-state index < -0.39 is 5.38 Å². The quantitative estimate of drug-likeness (QED) is 0.358. The highest BCUT2D eigenvalue weighted by atomic mass is 35.5. The molecule has 0 aromatic carbocycles. The first-order chi connectivity index (χ1) is 14.6. The summed E-state index contributed by atoms with van der Waals surface area (Å²) >= 11 is 6.04. The van der Waals surface area contributed by atoms with Gasteiger partial charge in [-0.1, -0.05) is 0 Å². The number of alkyl halides is 1. The Balaban J connectivity index is 1.28. The van der Waals surface area contributed by atoms with Crippen LogP contribution in [0.15, 0.2) is 18.3 Å². The summed E-state index contributed by atoms with van der Waals surface area (Å²) in [5.41, 5.74) is 5.79. The Labute approximate surface area is 180 Å². The average molecular weight is 436 g/mol. The van der Waals surface area contributed by atoms with E-state index in [1.807, 2.05) is 11.0 Å². The standard InChI is InChI=1S/C19H26ClN7O3/c20-18-15(13-24-25-19(18)29)22-4-10-30-9-3-17(28)27-7-5-26(6-8-27)16-2-1-14(11-21)12-23-16/h1-2,12,15,18,22,24H,3-10,13H2,(H,25,29). The number of carbonyl (C=O) groups is 2. The van der Waals surface area contributed by atoms with E-state index in [2.05, 4.69) is 32.1 Å². The predicted octanol–water partition coefficient (Wildman–Crippen LogP) is -0.791. The minimum absolute atomic E-state index is 0.0735. The molecule has 10 nitrogen and oxygen atoms in total. The van der Waals surface area contributed by atoms with Crippen molar-refractivity contribution in [3.05, 3.63) is 23.9 Å². The molecule has 2 amide bonds. The van der Waals surface area contributed by atoms with Gasteiger partial charge in [0.25, 0.3) is 5.91 Å². The third kappa shape index (κ3) is 6.03. The number of anilines is 1. The Morgan fingerprint density at radius 1 is 1.33 bits per heavy atom. The lowest BCUT2D eigenvalue weighted by Gasteiger charge is -2.35. The highest BCUT2D eigenvalue weighted by Crippen LogP contribution is 2.14. The number of nitrogens with zero attached hydrogens (tertiary/aromatic N) is 4. The molecule has 0 saturated carbocycles. The lowest BCUT2D eigenvalue weighted by atomic mass is 10.1. The van der Waals surface area contributed by atoms with Crippen LogP contribution in [0.4, 0.5) is 5.82 Å². The Bertz CT molecular complexity index is 762. The molecule has 2 fully saturated rings. The third-order valence-electron chi connectivity index (χ3n) is 5.08. The zero-order chi connectivity index (χ0) is 21.3. The molecule has 162 valence electrons. The molecule has 0 bridgehead atoms. The topological polar surface area (TPSA) is 123 Å². The summed E-state index contributed by atoms with van der Waals surface area (Å²) in [7, 11) is 0. The van der Waals surface area contributed by atoms with E-state index in [4.69, 9.17) is 21.6 Å². The van der Waals surface area contributed by atoms with Crippen molar-refractivity contribution in [1.82, 2.24) is 26.1 Å². The molecule has 2 aliphatic heterocycles. The number of aromatic nitrogens is 1. The maximum Gasteiger partial charge on any atom is 0.253 e. The maximum atomic E-state index is 12.4. The normalized spacial score (nSPS) is 21.8. The third-order valence-corrected chi connectivity index (χ3v) is 5.59. The molecule has 30 heavy (non-hydrogen) atoms. The van der Waals surface area contributed by atoms with Gasteiger partial charge in [0.15, 0.2) is 0 Å². The highest BCUT2D eigenvalue weighted by Gasteiger charge is 2.29. The first-order valence-corrected chi connectivity index (χ1v) is 10.4. The molecular formula is C19H26ClN7O3. The number of carbonyl (C=O) groups excluding carboxylic acids is 2. The van der Waals surface area contributed by atoms with Crippen molar-refractivity contribution >= 4 is 29.2 Å². The number of piperazine rings is 1. The minimum Gasteiger partial charge on any atom is -0.380 e. The van der Waals surface area contributed by atoms with Crippen LogP contribution < -0.4 is 21.1 Å². The first kappa shape index (κ1) is 22.2. The minimum atomic E-state index is -0.619. The van der Waals surface area contributed by atoms with Gasteiger partial charge in [-0.3, -0.25) is 15.0 Å². The summed E-state index contributed by atoms with van der Waals surface area (Å²) in [4.78, 5) is 32.1. The van der Waals surface area contributed by atoms with Gasteiger partial charge < -0.3 is 19.9 Å². The van der Waals surface area contributed by atoms with E-state index in [-0.39, 0.29) is 17.9 Å². The van der Waals surface area contributed by atoms with Crippen molar-refractivity contribution < 1.29 is 14.3 Å². The fourth-order valence-electron chi connectivity index (χ4n) is 3.34. The number of rotatable bonds is 8. The number of nitriles is 1. The lowest BCUT2D eigenvalue weighted by Crippen LogP contribution is -2.61. The Morgan fingerprint density at radius 2 is 2.13 bits per heavy atom. The number of pyridine rings is 1. The summed E-state index contributed by atoms with van der Waals surface area (Å²) in [5.74, 6) is 0.646. The molecule has 11 heteroatoms. The molecule has 3 heterocycles. The fraction of sp³-hybridized carbons (Fsp3) is 0.579. The number of ether oxygens (including phenoxy) is 1. The van der Waals surface area contributed by atoms with Crippen molar-refractivity contribution in [2.45, 2.75) is 17.8 Å². The Morgan fingerprint density at radius 3 is 2.83 bits per heavy atom. The molecule has 0 spiro atoms. The summed E-state index contributed by atoms with van der Waals surface area (Å²) in [5, 5.41) is 11.4. The second kappa shape index (κ2) is 11.1. The van der Waals surface area contributed by atoms with Gasteiger partial charge >= 0.3 is 0 Å². The second-order valence-electron chi connectivity index (χ2n) is 7.08. The number of amides is 2. The van der Waals surface area contributed by atoms with Crippen LogP contribution in [0.1, 0.15) is 12.0 Å². The second-order valence-corrected chi connectivity index (χ2v) is 7.55. The molecule has 3 N–H and O–H groups in total. The number of nitrogens with one attached hydrogen (secondary N) is 3. The predicted molar refractivity (Wildman–Crippen MR) is 111 cm³/mol. The molecule has 1 aromatic heterocycles. The summed E-state index contributed by atoms with van der Waals surface area (Å²) in [6.45, 7) is 4.57. The number of hydrogen-bond donors (Lipinski definition) is 3. The zero-order valence-electron chi connectivity index (χ0n) is 16.6. The van der Waals surface area contributed by atoms with Crippen molar-refractivity contribution in [3.63, 3.8) is 0 Å². The molecule has 0 radical (unpaired) electrons. The van der Waals surface area contributed by atoms with Crippen molar-refractivity contribution in [1.29, 1.82) is 5.26 Å². The van der Waals surface area contributed by atoms with Crippen LogP contribution in [-0.4, -0.2) is 85.6 Å². The van der Waals surface area contributed by atoms with Crippen molar-refractivity contribution in [2.75, 3.05) is 57.4 Å². The number of hydrazine groups is 1. The number of hydrogen-bond acceptors (Lipinski definition) is 8. The van der Waals surface area contributed by atoms with Gasteiger partial charge in [0.1, 0.15) is 17.3 Å². The SMILES string of the molecule is N#Cc1ccc(N2CCN(C(=O)CCOCCNC3CNNC(=O)C3Cl)CC2)nc1. The van der Waals surface area contributed by atoms with Gasteiger partial charge in [0, 0.05) is 51.5 Å². The van der Waals surface area contributed by atoms with E-state index in [0.29, 0.717) is 64.5 Å². The molecule has 0 aliphatic carbocycles. The Hall–Kier alpha value is -2.45. The monoisotopic (exact) mass is 435 g/mol. The molecule has 2 unspecified atom stereocenters. The van der Waals surface area contributed by atoms with Gasteiger partial charge in [-0.05, 0) is 12.1 Å². The lowest BCUT2D eigenvalue weighted by molar-refractivity contribution is -0.132. The fourth-order valence-corrected chi connectivity index (χ4v) is 3.57. The van der Waals surface area contributed by atoms with Crippen LogP contribution in [0.5, 0.6) is 0 Å². The van der Waals surface area contributed by atoms with Crippen LogP contribution in [0, 0.1) is 11.3 Å². The van der Waals surface area contributed by atoms with Crippen LogP contribution in [0.2, 0.25) is 0 Å². The van der Waals surface area contributed by atoms with Gasteiger partial charge in [0.2, 0.25) is 5.91 Å². The van der Waals surface area contributed by atoms with Crippen LogP contribution in [-0.2, 0) is 14.3 Å². The Kier molecular flexibility index (Phi) is 8.21. The summed E-state index contributed by atoms with van der Waals surface area (Å²) in [6, 6.07) is 5.48. The van der Waals surface area contributed by atoms with Crippen molar-refractivity contribution in [2.24, 2.45) is 0 Å². The molecule has 2 saturated heterocycles. The maximum absolute atomic E-state index is 12.4. The first-order valence-electron chi connectivity index (χ1n) is 9.95. The zero-order valence-corrected chi connectivity index (χ0v) is 17.4. The van der Waals surface area contributed by atoms with Gasteiger partial charge in [-0.15, -0.1) is 11.6 Å². The average Bonchev–Trinajstić information content (AvgIpc) is 2.79. The van der Waals surface area contributed by atoms with Crippen molar-refractivity contribution in [3.8, 4) is 6.07 Å². The van der Waals surface area contributed by atoms with Crippen LogP contribution in [0.25, 0.3) is 0 Å². The van der Waals surface area contributed by atoms with E-state index in [1.54, 1.807) is 12.3 Å². The van der Waals surface area contributed by atoms with E-state index in [9.17, 15) is 9.59 Å². The molecule has 2 atom stereocenters. The van der Waals surface area contributed by atoms with E-state index in [1.165, 1.54) is 0 Å². The van der Waals surface area contributed by atoms with E-state index in [0.717, 1.165) is 5.82 Å². The molecule has 1 aromatic rings. The van der Waals surface area contributed by atoms with Gasteiger partial charge in [-0.2, -0.15) is 5.26 Å². The summed E-state index contributed by atoms with van der Waals surface area (Å²) in [6.07, 6.45) is 1.90. The molecule has 3 rings (SSSR count). The van der Waals surface area contributed by atoms with Crippen LogP contribution >= 0.6 is 11.6 Å². The van der Waals surface area contributed by atoms with E-state index >= 15 is 0 Å². The molecular weight excluding hydrogens is 410 g/mol. The van der Waals surface area contributed by atoms with Gasteiger partial charge in [-0.25, -0.2) is 10.4 Å². The largest absolute Gasteiger partial charge is 0.380 e.